The second-order valence-corrected chi connectivity index (χ2v) is 4.09. The van der Waals surface area contributed by atoms with Crippen LogP contribution in [0.4, 0.5) is 0 Å². The third-order valence-electron chi connectivity index (χ3n) is 2.52. The first kappa shape index (κ1) is 9.12. The fourth-order valence-electron chi connectivity index (χ4n) is 1.37. The molecule has 2 nitrogen and oxygen atoms in total. The van der Waals surface area contributed by atoms with Gasteiger partial charge in [-0.15, -0.1) is 6.42 Å². The van der Waals surface area contributed by atoms with Crippen molar-refractivity contribution in [2.24, 2.45) is 11.3 Å². The van der Waals surface area contributed by atoms with Crippen LogP contribution < -0.4 is 5.32 Å². The summed E-state index contributed by atoms with van der Waals surface area (Å²) < 4.78 is 0. The van der Waals surface area contributed by atoms with Crippen molar-refractivity contribution in [2.75, 3.05) is 6.54 Å². The van der Waals surface area contributed by atoms with Gasteiger partial charge in [0.2, 0.25) is 0 Å². The fourth-order valence-corrected chi connectivity index (χ4v) is 1.37. The van der Waals surface area contributed by atoms with Gasteiger partial charge in [-0.2, -0.15) is 0 Å². The maximum atomic E-state index is 10.8. The minimum Gasteiger partial charge on any atom is -0.345 e. The van der Waals surface area contributed by atoms with E-state index in [2.05, 4.69) is 19.2 Å². The van der Waals surface area contributed by atoms with Gasteiger partial charge in [-0.25, -0.2) is 0 Å². The third kappa shape index (κ3) is 2.27. The first-order valence-electron chi connectivity index (χ1n) is 4.31. The summed E-state index contributed by atoms with van der Waals surface area (Å²) >= 11 is 0. The summed E-state index contributed by atoms with van der Waals surface area (Å²) in [4.78, 5) is 10.8. The van der Waals surface area contributed by atoms with E-state index in [1.54, 1.807) is 0 Å². The number of terminal acetylenes is 1. The summed E-state index contributed by atoms with van der Waals surface area (Å²) in [6.45, 7) is 5.03. The van der Waals surface area contributed by atoms with E-state index in [1.165, 1.54) is 12.8 Å². The van der Waals surface area contributed by atoms with E-state index in [0.717, 1.165) is 5.92 Å². The number of carbonyl (C=O) groups excluding carboxylic acids is 1. The Hall–Kier alpha value is -0.970. The summed E-state index contributed by atoms with van der Waals surface area (Å²) in [6, 6.07) is 0. The van der Waals surface area contributed by atoms with Crippen LogP contribution in [0.15, 0.2) is 0 Å². The van der Waals surface area contributed by atoms with Gasteiger partial charge in [-0.05, 0) is 30.1 Å². The quantitative estimate of drug-likeness (QED) is 0.625. The van der Waals surface area contributed by atoms with Crippen LogP contribution in [-0.4, -0.2) is 12.5 Å². The van der Waals surface area contributed by atoms with Crippen LogP contribution in [0.5, 0.6) is 0 Å². The standard InChI is InChI=1S/C10H15NO/c1-4-9(12)11-7-10(2,3)8-5-6-8/h1,8H,5-7H2,2-3H3,(H,11,12). The number of hydrogen-bond donors (Lipinski definition) is 1. The second-order valence-electron chi connectivity index (χ2n) is 4.09. The molecule has 0 radical (unpaired) electrons. The second kappa shape index (κ2) is 3.18. The van der Waals surface area contributed by atoms with Gasteiger partial charge >= 0.3 is 0 Å². The molecule has 2 heteroatoms. The predicted molar refractivity (Wildman–Crippen MR) is 48.3 cm³/mol. The molecule has 1 fully saturated rings. The largest absolute Gasteiger partial charge is 0.345 e. The van der Waals surface area contributed by atoms with Gasteiger partial charge in [-0.3, -0.25) is 4.79 Å². The highest BCUT2D eigenvalue weighted by Gasteiger charge is 2.37. The average molecular weight is 165 g/mol. The molecule has 0 aromatic rings. The molecule has 0 unspecified atom stereocenters. The summed E-state index contributed by atoms with van der Waals surface area (Å²) in [7, 11) is 0. The number of nitrogens with one attached hydrogen (secondary N) is 1. The van der Waals surface area contributed by atoms with Gasteiger partial charge in [0.15, 0.2) is 0 Å². The van der Waals surface area contributed by atoms with Crippen molar-refractivity contribution >= 4 is 5.91 Å². The molecular formula is C10H15NO. The lowest BCUT2D eigenvalue weighted by molar-refractivity contribution is -0.116. The van der Waals surface area contributed by atoms with Crippen molar-refractivity contribution < 1.29 is 4.79 Å². The molecule has 66 valence electrons. The first-order chi connectivity index (χ1) is 5.56. The van der Waals surface area contributed by atoms with Crippen LogP contribution in [0, 0.1) is 23.7 Å². The van der Waals surface area contributed by atoms with Gasteiger partial charge in [0.1, 0.15) is 0 Å². The van der Waals surface area contributed by atoms with Gasteiger partial charge < -0.3 is 5.32 Å². The fraction of sp³-hybridized carbons (Fsp3) is 0.700. The van der Waals surface area contributed by atoms with Crippen molar-refractivity contribution in [1.82, 2.24) is 5.32 Å². The number of amides is 1. The van der Waals surface area contributed by atoms with Gasteiger partial charge in [-0.1, -0.05) is 13.8 Å². The highest BCUT2D eigenvalue weighted by Crippen LogP contribution is 2.44. The van der Waals surface area contributed by atoms with Crippen LogP contribution in [-0.2, 0) is 4.79 Å². The van der Waals surface area contributed by atoms with E-state index >= 15 is 0 Å². The number of carbonyl (C=O) groups is 1. The topological polar surface area (TPSA) is 29.1 Å². The molecule has 0 aliphatic heterocycles. The lowest BCUT2D eigenvalue weighted by Crippen LogP contribution is -2.34. The van der Waals surface area contributed by atoms with Gasteiger partial charge in [0.05, 0.1) is 0 Å². The summed E-state index contributed by atoms with van der Waals surface area (Å²) in [6.07, 6.45) is 7.51. The Bertz CT molecular complexity index is 220. The normalized spacial score (nSPS) is 16.8. The van der Waals surface area contributed by atoms with Crippen LogP contribution >= 0.6 is 0 Å². The molecule has 12 heavy (non-hydrogen) atoms. The zero-order valence-electron chi connectivity index (χ0n) is 7.68. The molecule has 0 saturated heterocycles. The first-order valence-corrected chi connectivity index (χ1v) is 4.31. The molecule has 1 amide bonds. The molecular weight excluding hydrogens is 150 g/mol. The number of rotatable bonds is 3. The molecule has 1 saturated carbocycles. The molecule has 0 bridgehead atoms. The van der Waals surface area contributed by atoms with Crippen LogP contribution in [0.25, 0.3) is 0 Å². The van der Waals surface area contributed by atoms with Crippen molar-refractivity contribution in [3.05, 3.63) is 0 Å². The van der Waals surface area contributed by atoms with Crippen molar-refractivity contribution in [3.63, 3.8) is 0 Å². The molecule has 1 aliphatic carbocycles. The number of hydrogen-bond acceptors (Lipinski definition) is 1. The molecule has 0 heterocycles. The third-order valence-corrected chi connectivity index (χ3v) is 2.52. The van der Waals surface area contributed by atoms with E-state index in [4.69, 9.17) is 6.42 Å². The van der Waals surface area contributed by atoms with E-state index in [1.807, 2.05) is 5.92 Å². The molecule has 1 N–H and O–H groups in total. The molecule has 0 spiro atoms. The summed E-state index contributed by atoms with van der Waals surface area (Å²) in [5.74, 6) is 2.52. The molecule has 0 atom stereocenters. The van der Waals surface area contributed by atoms with Crippen LogP contribution in [0.2, 0.25) is 0 Å². The average Bonchev–Trinajstić information content (AvgIpc) is 2.82. The molecule has 0 aromatic carbocycles. The van der Waals surface area contributed by atoms with Crippen LogP contribution in [0.3, 0.4) is 0 Å². The predicted octanol–water partition coefficient (Wildman–Crippen LogP) is 1.17. The van der Waals surface area contributed by atoms with Crippen molar-refractivity contribution in [3.8, 4) is 12.3 Å². The Balaban J connectivity index is 2.30. The van der Waals surface area contributed by atoms with Crippen molar-refractivity contribution in [2.45, 2.75) is 26.7 Å². The Morgan fingerprint density at radius 2 is 2.25 bits per heavy atom. The maximum absolute atomic E-state index is 10.8. The van der Waals surface area contributed by atoms with Gasteiger partial charge in [0, 0.05) is 6.54 Å². The Morgan fingerprint density at radius 3 is 2.67 bits per heavy atom. The van der Waals surface area contributed by atoms with E-state index in [-0.39, 0.29) is 11.3 Å². The molecule has 1 rings (SSSR count). The Kier molecular flexibility index (Phi) is 2.42. The zero-order valence-corrected chi connectivity index (χ0v) is 7.68. The van der Waals surface area contributed by atoms with Crippen molar-refractivity contribution in [1.29, 1.82) is 0 Å². The lowest BCUT2D eigenvalue weighted by atomic mass is 9.87. The zero-order chi connectivity index (χ0) is 9.19. The minimum atomic E-state index is -0.302. The Labute approximate surface area is 73.7 Å². The lowest BCUT2D eigenvalue weighted by Gasteiger charge is -2.23. The maximum Gasteiger partial charge on any atom is 0.295 e. The SMILES string of the molecule is C#CC(=O)NCC(C)(C)C1CC1. The summed E-state index contributed by atoms with van der Waals surface area (Å²) in [5, 5.41) is 2.72. The minimum absolute atomic E-state index is 0.215. The monoisotopic (exact) mass is 165 g/mol. The van der Waals surface area contributed by atoms with E-state index < -0.39 is 0 Å². The van der Waals surface area contributed by atoms with Gasteiger partial charge in [0.25, 0.3) is 5.91 Å². The highest BCUT2D eigenvalue weighted by atomic mass is 16.1. The van der Waals surface area contributed by atoms with Crippen LogP contribution in [0.1, 0.15) is 26.7 Å². The highest BCUT2D eigenvalue weighted by molar-refractivity contribution is 5.92. The smallest absolute Gasteiger partial charge is 0.295 e. The molecule has 1 aliphatic rings. The van der Waals surface area contributed by atoms with E-state index in [0.29, 0.717) is 6.54 Å². The summed E-state index contributed by atoms with van der Waals surface area (Å²) in [5.41, 5.74) is 0.215. The van der Waals surface area contributed by atoms with E-state index in [9.17, 15) is 4.79 Å². The molecule has 0 aromatic heterocycles. The Morgan fingerprint density at radius 1 is 1.67 bits per heavy atom.